The topological polar surface area (TPSA) is 83.7 Å². The highest BCUT2D eigenvalue weighted by Crippen LogP contribution is 2.20. The lowest BCUT2D eigenvalue weighted by Gasteiger charge is -2.31. The summed E-state index contributed by atoms with van der Waals surface area (Å²) in [6, 6.07) is 3.44. The zero-order chi connectivity index (χ0) is 15.5. The SMILES string of the molecule is CCC(CC)(CC(=O)O)NC(=O)c1ccc2nccn2c1. The molecule has 0 fully saturated rings. The van der Waals surface area contributed by atoms with Gasteiger partial charge in [-0.05, 0) is 25.0 Å². The minimum absolute atomic E-state index is 0.0843. The van der Waals surface area contributed by atoms with E-state index in [1.54, 1.807) is 35.1 Å². The average molecular weight is 289 g/mol. The third-order valence-corrected chi connectivity index (χ3v) is 3.87. The van der Waals surface area contributed by atoms with Gasteiger partial charge in [0, 0.05) is 18.6 Å². The van der Waals surface area contributed by atoms with Gasteiger partial charge in [0.05, 0.1) is 17.5 Å². The fourth-order valence-corrected chi connectivity index (χ4v) is 2.38. The first kappa shape index (κ1) is 15.0. The second kappa shape index (κ2) is 5.95. The molecule has 0 aliphatic carbocycles. The summed E-state index contributed by atoms with van der Waals surface area (Å²) < 4.78 is 1.76. The smallest absolute Gasteiger partial charge is 0.305 e. The number of aromatic nitrogens is 2. The number of nitrogens with one attached hydrogen (secondary N) is 1. The van der Waals surface area contributed by atoms with Gasteiger partial charge in [-0.1, -0.05) is 13.8 Å². The van der Waals surface area contributed by atoms with Crippen molar-refractivity contribution in [1.29, 1.82) is 0 Å². The first-order chi connectivity index (χ1) is 9.99. The van der Waals surface area contributed by atoms with Gasteiger partial charge in [0.25, 0.3) is 5.91 Å². The van der Waals surface area contributed by atoms with E-state index in [1.807, 2.05) is 13.8 Å². The summed E-state index contributed by atoms with van der Waals surface area (Å²) in [6.45, 7) is 3.76. The Morgan fingerprint density at radius 3 is 2.67 bits per heavy atom. The van der Waals surface area contributed by atoms with Crippen LogP contribution in [0.3, 0.4) is 0 Å². The molecule has 21 heavy (non-hydrogen) atoms. The van der Waals surface area contributed by atoms with Gasteiger partial charge >= 0.3 is 5.97 Å². The number of hydrogen-bond acceptors (Lipinski definition) is 3. The molecule has 0 saturated carbocycles. The van der Waals surface area contributed by atoms with E-state index in [0.717, 1.165) is 5.65 Å². The molecule has 112 valence electrons. The van der Waals surface area contributed by atoms with Crippen LogP contribution in [-0.4, -0.2) is 31.9 Å². The minimum atomic E-state index is -0.913. The van der Waals surface area contributed by atoms with Gasteiger partial charge in [0.1, 0.15) is 5.65 Å². The molecule has 2 N–H and O–H groups in total. The van der Waals surface area contributed by atoms with Gasteiger partial charge in [0.15, 0.2) is 0 Å². The molecule has 2 heterocycles. The molecule has 1 amide bonds. The number of pyridine rings is 1. The number of carbonyl (C=O) groups is 2. The van der Waals surface area contributed by atoms with Crippen LogP contribution < -0.4 is 5.32 Å². The highest BCUT2D eigenvalue weighted by atomic mass is 16.4. The van der Waals surface area contributed by atoms with Crippen LogP contribution in [0.4, 0.5) is 0 Å². The first-order valence-corrected chi connectivity index (χ1v) is 6.96. The molecule has 0 bridgehead atoms. The predicted molar refractivity (Wildman–Crippen MR) is 78.2 cm³/mol. The largest absolute Gasteiger partial charge is 0.481 e. The van der Waals surface area contributed by atoms with Gasteiger partial charge in [0.2, 0.25) is 0 Å². The number of carbonyl (C=O) groups excluding carboxylic acids is 1. The third-order valence-electron chi connectivity index (χ3n) is 3.87. The van der Waals surface area contributed by atoms with Gasteiger partial charge in [-0.25, -0.2) is 4.98 Å². The Morgan fingerprint density at radius 1 is 1.33 bits per heavy atom. The van der Waals surface area contributed by atoms with Crippen LogP contribution in [0.2, 0.25) is 0 Å². The number of hydrogen-bond donors (Lipinski definition) is 2. The van der Waals surface area contributed by atoms with Crippen LogP contribution in [0.1, 0.15) is 43.5 Å². The highest BCUT2D eigenvalue weighted by Gasteiger charge is 2.31. The van der Waals surface area contributed by atoms with E-state index in [0.29, 0.717) is 18.4 Å². The van der Waals surface area contributed by atoms with E-state index in [9.17, 15) is 9.59 Å². The summed E-state index contributed by atoms with van der Waals surface area (Å²) >= 11 is 0. The molecule has 2 aromatic rings. The van der Waals surface area contributed by atoms with Crippen molar-refractivity contribution in [2.45, 2.75) is 38.6 Å². The number of imidazole rings is 1. The zero-order valence-electron chi connectivity index (χ0n) is 12.2. The molecule has 0 unspecified atom stereocenters. The quantitative estimate of drug-likeness (QED) is 0.853. The lowest BCUT2D eigenvalue weighted by atomic mass is 9.88. The molecule has 6 nitrogen and oxygen atoms in total. The molecule has 0 spiro atoms. The number of fused-ring (bicyclic) bond motifs is 1. The molecule has 0 aliphatic rings. The summed E-state index contributed by atoms with van der Waals surface area (Å²) in [5.74, 6) is -1.18. The monoisotopic (exact) mass is 289 g/mol. The van der Waals surface area contributed by atoms with Gasteiger partial charge in [-0.15, -0.1) is 0 Å². The fourth-order valence-electron chi connectivity index (χ4n) is 2.38. The summed E-state index contributed by atoms with van der Waals surface area (Å²) in [6.07, 6.45) is 6.15. The van der Waals surface area contributed by atoms with Gasteiger partial charge in [-0.3, -0.25) is 9.59 Å². The fraction of sp³-hybridized carbons (Fsp3) is 0.400. The van der Waals surface area contributed by atoms with Crippen LogP contribution in [0, 0.1) is 0 Å². The predicted octanol–water partition coefficient (Wildman–Crippen LogP) is 2.10. The summed E-state index contributed by atoms with van der Waals surface area (Å²) in [5.41, 5.74) is 0.527. The summed E-state index contributed by atoms with van der Waals surface area (Å²) in [7, 11) is 0. The van der Waals surface area contributed by atoms with Gasteiger partial charge < -0.3 is 14.8 Å². The molecule has 2 rings (SSSR count). The molecule has 0 radical (unpaired) electrons. The summed E-state index contributed by atoms with van der Waals surface area (Å²) in [4.78, 5) is 27.5. The molecule has 6 heteroatoms. The van der Waals surface area contributed by atoms with Crippen molar-refractivity contribution in [1.82, 2.24) is 14.7 Å². The van der Waals surface area contributed by atoms with E-state index in [-0.39, 0.29) is 12.3 Å². The van der Waals surface area contributed by atoms with E-state index < -0.39 is 11.5 Å². The molecule has 0 saturated heterocycles. The van der Waals surface area contributed by atoms with Crippen LogP contribution in [0.25, 0.3) is 5.65 Å². The number of aliphatic carboxylic acids is 1. The van der Waals surface area contributed by atoms with Crippen LogP contribution in [-0.2, 0) is 4.79 Å². The number of carboxylic acids is 1. The molecule has 0 aromatic carbocycles. The second-order valence-electron chi connectivity index (χ2n) is 5.12. The van der Waals surface area contributed by atoms with E-state index >= 15 is 0 Å². The van der Waals surface area contributed by atoms with Crippen LogP contribution >= 0.6 is 0 Å². The van der Waals surface area contributed by atoms with Crippen molar-refractivity contribution in [2.75, 3.05) is 0 Å². The second-order valence-corrected chi connectivity index (χ2v) is 5.12. The third kappa shape index (κ3) is 3.21. The minimum Gasteiger partial charge on any atom is -0.481 e. The molecule has 2 aromatic heterocycles. The van der Waals surface area contributed by atoms with Crippen molar-refractivity contribution < 1.29 is 14.7 Å². The lowest BCUT2D eigenvalue weighted by molar-refractivity contribution is -0.138. The van der Waals surface area contributed by atoms with Crippen molar-refractivity contribution in [3.8, 4) is 0 Å². The van der Waals surface area contributed by atoms with Crippen molar-refractivity contribution in [3.05, 3.63) is 36.3 Å². The highest BCUT2D eigenvalue weighted by molar-refractivity contribution is 5.95. The zero-order valence-corrected chi connectivity index (χ0v) is 12.2. The first-order valence-electron chi connectivity index (χ1n) is 6.96. The van der Waals surface area contributed by atoms with Crippen molar-refractivity contribution in [3.63, 3.8) is 0 Å². The summed E-state index contributed by atoms with van der Waals surface area (Å²) in [5, 5.41) is 11.9. The Kier molecular flexibility index (Phi) is 4.26. The van der Waals surface area contributed by atoms with Gasteiger partial charge in [-0.2, -0.15) is 0 Å². The van der Waals surface area contributed by atoms with Crippen molar-refractivity contribution in [2.24, 2.45) is 0 Å². The maximum absolute atomic E-state index is 12.4. The standard InChI is InChI=1S/C15H19N3O3/c1-3-15(4-2,9-13(19)20)17-14(21)11-5-6-12-16-7-8-18(12)10-11/h5-8,10H,3-4,9H2,1-2H3,(H,17,21)(H,19,20). The Morgan fingerprint density at radius 2 is 2.05 bits per heavy atom. The van der Waals surface area contributed by atoms with Crippen LogP contribution in [0.15, 0.2) is 30.7 Å². The maximum Gasteiger partial charge on any atom is 0.305 e. The molecule has 0 atom stereocenters. The Hall–Kier alpha value is -2.37. The van der Waals surface area contributed by atoms with Crippen molar-refractivity contribution >= 4 is 17.5 Å². The maximum atomic E-state index is 12.4. The number of amides is 1. The Labute approximate surface area is 122 Å². The van der Waals surface area contributed by atoms with E-state index in [4.69, 9.17) is 5.11 Å². The van der Waals surface area contributed by atoms with E-state index in [2.05, 4.69) is 10.3 Å². The number of rotatable bonds is 6. The molecule has 0 aliphatic heterocycles. The molecular formula is C15H19N3O3. The molecular weight excluding hydrogens is 270 g/mol. The van der Waals surface area contributed by atoms with Crippen LogP contribution in [0.5, 0.6) is 0 Å². The van der Waals surface area contributed by atoms with E-state index in [1.165, 1.54) is 0 Å². The average Bonchev–Trinajstić information content (AvgIpc) is 2.93. The lowest BCUT2D eigenvalue weighted by Crippen LogP contribution is -2.49. The normalized spacial score (nSPS) is 11.5. The number of carboxylic acid groups (broad SMARTS) is 1. The Bertz CT molecular complexity index is 659. The Balaban J connectivity index is 2.23. The number of nitrogens with zero attached hydrogens (tertiary/aromatic N) is 2.